The van der Waals surface area contributed by atoms with Crippen molar-refractivity contribution in [3.05, 3.63) is 63.2 Å². The zero-order valence-corrected chi connectivity index (χ0v) is 14.9. The number of benzene rings is 1. The molecule has 0 aliphatic rings. The molecule has 25 heavy (non-hydrogen) atoms. The van der Waals surface area contributed by atoms with Crippen LogP contribution >= 0.6 is 34.5 Å². The fourth-order valence-corrected chi connectivity index (χ4v) is 3.87. The maximum Gasteiger partial charge on any atom is 0.352 e. The zero-order valence-electron chi connectivity index (χ0n) is 12.6. The van der Waals surface area contributed by atoms with Crippen molar-refractivity contribution in [3.8, 4) is 10.6 Å². The summed E-state index contributed by atoms with van der Waals surface area (Å²) in [7, 11) is 0. The lowest BCUT2D eigenvalue weighted by Crippen LogP contribution is -2.09. The minimum Gasteiger partial charge on any atom is -0.477 e. The minimum absolute atomic E-state index is 0.168. The first kappa shape index (κ1) is 16.2. The Balaban J connectivity index is 1.74. The van der Waals surface area contributed by atoms with Crippen molar-refractivity contribution < 1.29 is 14.4 Å². The summed E-state index contributed by atoms with van der Waals surface area (Å²) >= 11 is 13.3. The lowest BCUT2D eigenvalue weighted by molar-refractivity contribution is 0.0686. The molecule has 0 spiro atoms. The molecule has 8 heteroatoms. The van der Waals surface area contributed by atoms with Gasteiger partial charge in [-0.15, -0.1) is 11.3 Å². The maximum absolute atomic E-state index is 11.6. The predicted molar refractivity (Wildman–Crippen MR) is 97.8 cm³/mol. The number of hydrogen-bond donors (Lipinski definition) is 1. The third-order valence-electron chi connectivity index (χ3n) is 3.78. The molecule has 0 aliphatic heterocycles. The van der Waals surface area contributed by atoms with E-state index in [0.29, 0.717) is 20.8 Å². The SMILES string of the molecule is O=C(O)c1cc2cc(Cl)ccc2n1Cc1cc(-c2ccc(Cl)s2)on1. The minimum atomic E-state index is -1.01. The summed E-state index contributed by atoms with van der Waals surface area (Å²) in [6, 6.07) is 12.3. The molecule has 3 heterocycles. The Morgan fingerprint density at radius 2 is 2.04 bits per heavy atom. The lowest BCUT2D eigenvalue weighted by atomic mass is 10.2. The van der Waals surface area contributed by atoms with Gasteiger partial charge in [0.05, 0.1) is 15.8 Å². The molecule has 0 amide bonds. The highest BCUT2D eigenvalue weighted by Gasteiger charge is 2.17. The van der Waals surface area contributed by atoms with Crippen LogP contribution in [-0.2, 0) is 6.54 Å². The Morgan fingerprint density at radius 1 is 1.20 bits per heavy atom. The first-order valence-corrected chi connectivity index (χ1v) is 8.82. The summed E-state index contributed by atoms with van der Waals surface area (Å²) in [5.74, 6) is -0.413. The van der Waals surface area contributed by atoms with Crippen molar-refractivity contribution in [2.45, 2.75) is 6.54 Å². The van der Waals surface area contributed by atoms with Gasteiger partial charge in [0.2, 0.25) is 0 Å². The molecule has 0 bridgehead atoms. The van der Waals surface area contributed by atoms with Crippen LogP contribution in [0.2, 0.25) is 9.36 Å². The van der Waals surface area contributed by atoms with Gasteiger partial charge in [-0.05, 0) is 36.4 Å². The van der Waals surface area contributed by atoms with Crippen molar-refractivity contribution in [1.82, 2.24) is 9.72 Å². The van der Waals surface area contributed by atoms with Crippen molar-refractivity contribution in [1.29, 1.82) is 0 Å². The van der Waals surface area contributed by atoms with Crippen molar-refractivity contribution in [2.24, 2.45) is 0 Å². The van der Waals surface area contributed by atoms with Crippen molar-refractivity contribution in [3.63, 3.8) is 0 Å². The summed E-state index contributed by atoms with van der Waals surface area (Å²) in [6.45, 7) is 0.273. The van der Waals surface area contributed by atoms with E-state index in [1.54, 1.807) is 41.0 Å². The molecular weight excluding hydrogens is 383 g/mol. The zero-order chi connectivity index (χ0) is 17.6. The standard InChI is InChI=1S/C17H10Cl2N2O3S/c18-10-1-2-12-9(5-10)6-13(17(22)23)21(12)8-11-7-14(24-20-11)15-3-4-16(19)25-15/h1-7H,8H2,(H,22,23). The van der Waals surface area contributed by atoms with Crippen LogP contribution in [-0.4, -0.2) is 20.8 Å². The van der Waals surface area contributed by atoms with E-state index in [1.165, 1.54) is 11.3 Å². The van der Waals surface area contributed by atoms with Crippen LogP contribution in [0.5, 0.6) is 0 Å². The predicted octanol–water partition coefficient (Wildman–Crippen LogP) is 5.41. The Bertz CT molecular complexity index is 1100. The summed E-state index contributed by atoms with van der Waals surface area (Å²) in [5, 5.41) is 14.9. The van der Waals surface area contributed by atoms with E-state index in [4.69, 9.17) is 27.7 Å². The van der Waals surface area contributed by atoms with Crippen LogP contribution in [0, 0.1) is 0 Å². The summed E-state index contributed by atoms with van der Waals surface area (Å²) < 4.78 is 7.70. The average Bonchev–Trinajstić information content (AvgIpc) is 3.26. The number of nitrogens with zero attached hydrogens (tertiary/aromatic N) is 2. The molecule has 1 aromatic carbocycles. The van der Waals surface area contributed by atoms with E-state index < -0.39 is 5.97 Å². The van der Waals surface area contributed by atoms with E-state index in [9.17, 15) is 9.90 Å². The van der Waals surface area contributed by atoms with Gasteiger partial charge >= 0.3 is 5.97 Å². The van der Waals surface area contributed by atoms with Crippen LogP contribution in [0.15, 0.2) is 47.0 Å². The second-order valence-corrected chi connectivity index (χ2v) is 7.56. The number of carboxylic acid groups (broad SMARTS) is 1. The first-order chi connectivity index (χ1) is 12.0. The number of rotatable bonds is 4. The molecule has 4 rings (SSSR count). The fraction of sp³-hybridized carbons (Fsp3) is 0.0588. The highest BCUT2D eigenvalue weighted by molar-refractivity contribution is 7.19. The van der Waals surface area contributed by atoms with E-state index in [1.807, 2.05) is 6.07 Å². The molecule has 0 unspecified atom stereocenters. The van der Waals surface area contributed by atoms with Gasteiger partial charge < -0.3 is 14.2 Å². The van der Waals surface area contributed by atoms with Crippen molar-refractivity contribution >= 4 is 51.4 Å². The summed E-state index contributed by atoms with van der Waals surface area (Å²) in [4.78, 5) is 12.5. The van der Waals surface area contributed by atoms with E-state index in [-0.39, 0.29) is 12.2 Å². The maximum atomic E-state index is 11.6. The number of aromatic carboxylic acids is 1. The number of halogens is 2. The molecule has 0 radical (unpaired) electrons. The highest BCUT2D eigenvalue weighted by Crippen LogP contribution is 2.32. The first-order valence-electron chi connectivity index (χ1n) is 7.24. The third-order valence-corrected chi connectivity index (χ3v) is 5.26. The Morgan fingerprint density at radius 3 is 2.76 bits per heavy atom. The topological polar surface area (TPSA) is 68.3 Å². The van der Waals surface area contributed by atoms with Crippen LogP contribution in [0.3, 0.4) is 0 Å². The number of hydrogen-bond acceptors (Lipinski definition) is 4. The second kappa shape index (κ2) is 6.22. The molecule has 0 aliphatic carbocycles. The molecule has 3 aromatic heterocycles. The third kappa shape index (κ3) is 3.04. The van der Waals surface area contributed by atoms with Crippen molar-refractivity contribution in [2.75, 3.05) is 0 Å². The van der Waals surface area contributed by atoms with Crippen LogP contribution in [0.4, 0.5) is 0 Å². The van der Waals surface area contributed by atoms with Crippen LogP contribution in [0.25, 0.3) is 21.5 Å². The van der Waals surface area contributed by atoms with Crippen LogP contribution < -0.4 is 0 Å². The number of carboxylic acids is 1. The van der Waals surface area contributed by atoms with Gasteiger partial charge in [-0.3, -0.25) is 0 Å². The number of carbonyl (C=O) groups is 1. The molecule has 0 atom stereocenters. The largest absolute Gasteiger partial charge is 0.477 e. The quantitative estimate of drug-likeness (QED) is 0.503. The van der Waals surface area contributed by atoms with Gasteiger partial charge in [0, 0.05) is 22.0 Å². The smallest absolute Gasteiger partial charge is 0.352 e. The Hall–Kier alpha value is -2.28. The number of thiophene rings is 1. The molecule has 0 fully saturated rings. The van der Waals surface area contributed by atoms with Crippen LogP contribution in [0.1, 0.15) is 16.2 Å². The Labute approximate surface area is 156 Å². The average molecular weight is 393 g/mol. The fourth-order valence-electron chi connectivity index (χ4n) is 2.70. The van der Waals surface area contributed by atoms with Gasteiger partial charge in [0.25, 0.3) is 0 Å². The summed E-state index contributed by atoms with van der Waals surface area (Å²) in [5.41, 5.74) is 1.56. The van der Waals surface area contributed by atoms with Gasteiger partial charge in [-0.25, -0.2) is 4.79 Å². The van der Waals surface area contributed by atoms with Gasteiger partial charge in [-0.2, -0.15) is 0 Å². The molecule has 4 aromatic rings. The molecule has 1 N–H and O–H groups in total. The Kier molecular flexibility index (Phi) is 4.03. The van der Waals surface area contributed by atoms with E-state index >= 15 is 0 Å². The molecule has 126 valence electrons. The van der Waals surface area contributed by atoms with Gasteiger partial charge in [-0.1, -0.05) is 28.4 Å². The monoisotopic (exact) mass is 392 g/mol. The lowest BCUT2D eigenvalue weighted by Gasteiger charge is -2.05. The normalized spacial score (nSPS) is 11.3. The highest BCUT2D eigenvalue weighted by atomic mass is 35.5. The molecule has 0 saturated carbocycles. The second-order valence-electron chi connectivity index (χ2n) is 5.41. The number of fused-ring (bicyclic) bond motifs is 1. The molecular formula is C17H10Cl2N2O3S. The molecule has 5 nitrogen and oxygen atoms in total. The summed E-state index contributed by atoms with van der Waals surface area (Å²) in [6.07, 6.45) is 0. The van der Waals surface area contributed by atoms with Gasteiger partial charge in [0.15, 0.2) is 5.76 Å². The molecule has 0 saturated heterocycles. The van der Waals surface area contributed by atoms with Gasteiger partial charge in [0.1, 0.15) is 11.4 Å². The number of aromatic nitrogens is 2. The van der Waals surface area contributed by atoms with E-state index in [2.05, 4.69) is 5.16 Å². The van der Waals surface area contributed by atoms with E-state index in [0.717, 1.165) is 15.8 Å².